The maximum absolute atomic E-state index is 15.3. The molecule has 1 unspecified atom stereocenters. The number of halogens is 2. The third kappa shape index (κ3) is 2.66. The summed E-state index contributed by atoms with van der Waals surface area (Å²) in [6, 6.07) is 6.92. The lowest BCUT2D eigenvalue weighted by Crippen LogP contribution is -2.28. The molecule has 3 heterocycles. The third-order valence-corrected chi connectivity index (χ3v) is 6.07. The molecule has 0 bridgehead atoms. The van der Waals surface area contributed by atoms with Gasteiger partial charge in [-0.2, -0.15) is 0 Å². The van der Waals surface area contributed by atoms with Crippen molar-refractivity contribution in [2.75, 3.05) is 11.5 Å². The molecule has 0 radical (unpaired) electrons. The van der Waals surface area contributed by atoms with Gasteiger partial charge < -0.3 is 19.3 Å². The van der Waals surface area contributed by atoms with Crippen LogP contribution >= 0.6 is 15.9 Å². The summed E-state index contributed by atoms with van der Waals surface area (Å²) in [4.78, 5) is 26.1. The van der Waals surface area contributed by atoms with Crippen molar-refractivity contribution < 1.29 is 19.0 Å². The second kappa shape index (κ2) is 6.32. The molecule has 5 rings (SSSR count). The lowest BCUT2D eigenvalue weighted by Gasteiger charge is -2.31. The summed E-state index contributed by atoms with van der Waals surface area (Å²) in [7, 11) is 0. The Bertz CT molecular complexity index is 1270. The number of hydrogen-bond donors (Lipinski definition) is 1. The molecule has 3 aromatic rings. The van der Waals surface area contributed by atoms with E-state index in [0.29, 0.717) is 30.0 Å². The van der Waals surface area contributed by atoms with Crippen LogP contribution in [0.2, 0.25) is 0 Å². The van der Waals surface area contributed by atoms with Gasteiger partial charge in [-0.05, 0) is 36.2 Å². The fraction of sp³-hybridized carbons (Fsp3) is 0.238. The smallest absolute Gasteiger partial charge is 0.341 e. The summed E-state index contributed by atoms with van der Waals surface area (Å²) in [5.74, 6) is -1.63. The molecule has 0 fully saturated rings. The molecule has 1 atom stereocenters. The van der Waals surface area contributed by atoms with Crippen molar-refractivity contribution in [3.8, 4) is 5.75 Å². The topological polar surface area (TPSA) is 71.8 Å². The van der Waals surface area contributed by atoms with Crippen LogP contribution in [-0.4, -0.2) is 22.2 Å². The first-order valence-electron chi connectivity index (χ1n) is 9.15. The largest absolute Gasteiger partial charge is 0.487 e. The second-order valence-electron chi connectivity index (χ2n) is 7.45. The summed E-state index contributed by atoms with van der Waals surface area (Å²) >= 11 is 3.46. The molecular formula is C21H16BrFN2O4. The minimum Gasteiger partial charge on any atom is -0.487 e. The molecule has 1 N–H and O–H groups in total. The number of anilines is 1. The summed E-state index contributed by atoms with van der Waals surface area (Å²) in [5, 5.41) is 9.41. The molecule has 6 nitrogen and oxygen atoms in total. The van der Waals surface area contributed by atoms with Gasteiger partial charge in [0.05, 0.1) is 16.9 Å². The van der Waals surface area contributed by atoms with Gasteiger partial charge in [0.2, 0.25) is 5.43 Å². The Morgan fingerprint density at radius 3 is 2.79 bits per heavy atom. The van der Waals surface area contributed by atoms with Crippen LogP contribution in [0, 0.1) is 5.82 Å². The molecular weight excluding hydrogens is 443 g/mol. The van der Waals surface area contributed by atoms with Gasteiger partial charge in [0, 0.05) is 23.8 Å². The number of benzene rings is 2. The van der Waals surface area contributed by atoms with Crippen molar-refractivity contribution in [3.63, 3.8) is 0 Å². The summed E-state index contributed by atoms with van der Waals surface area (Å²) in [5.41, 5.74) is 1.85. The number of rotatable bonds is 2. The van der Waals surface area contributed by atoms with Gasteiger partial charge in [0.25, 0.3) is 0 Å². The van der Waals surface area contributed by atoms with Crippen molar-refractivity contribution >= 4 is 38.5 Å². The van der Waals surface area contributed by atoms with E-state index in [9.17, 15) is 14.7 Å². The molecule has 0 saturated carbocycles. The van der Waals surface area contributed by atoms with Gasteiger partial charge in [-0.25, -0.2) is 9.18 Å². The Morgan fingerprint density at radius 2 is 2.03 bits per heavy atom. The van der Waals surface area contributed by atoms with Crippen molar-refractivity contribution in [3.05, 3.63) is 67.7 Å². The highest BCUT2D eigenvalue weighted by molar-refractivity contribution is 9.10. The summed E-state index contributed by atoms with van der Waals surface area (Å²) in [6.07, 6.45) is 1.33. The zero-order chi connectivity index (χ0) is 20.4. The van der Waals surface area contributed by atoms with Gasteiger partial charge >= 0.3 is 5.97 Å². The summed E-state index contributed by atoms with van der Waals surface area (Å²) < 4.78 is 23.8. The number of fused-ring (bicyclic) bond motifs is 1. The number of carboxylic acid groups (broad SMARTS) is 1. The first-order chi connectivity index (χ1) is 13.8. The number of pyridine rings is 1. The molecule has 148 valence electrons. The van der Waals surface area contributed by atoms with Crippen LogP contribution in [0.15, 0.2) is 39.7 Å². The molecule has 0 aliphatic carbocycles. The Labute approximate surface area is 173 Å². The fourth-order valence-electron chi connectivity index (χ4n) is 4.18. The molecule has 8 heteroatoms. The maximum atomic E-state index is 15.3. The minimum atomic E-state index is -1.33. The van der Waals surface area contributed by atoms with Crippen LogP contribution in [0.25, 0.3) is 10.9 Å². The van der Waals surface area contributed by atoms with Crippen molar-refractivity contribution in [1.29, 1.82) is 0 Å². The molecule has 2 aliphatic rings. The van der Waals surface area contributed by atoms with Crippen molar-refractivity contribution in [1.82, 2.24) is 4.57 Å². The highest BCUT2D eigenvalue weighted by atomic mass is 79.9. The van der Waals surface area contributed by atoms with Crippen LogP contribution in [0.4, 0.5) is 10.1 Å². The lowest BCUT2D eigenvalue weighted by atomic mass is 10.1. The number of nitrogens with zero attached hydrogens (tertiary/aromatic N) is 2. The monoisotopic (exact) mass is 458 g/mol. The average molecular weight is 459 g/mol. The SMILES string of the molecule is CC1COc2c(N3Cc4ccc(Br)cc4C3)c(F)cc3c(=O)c(C(=O)O)cn1c23. The number of ether oxygens (including phenoxy) is 1. The molecule has 2 aromatic carbocycles. The van der Waals surface area contributed by atoms with E-state index in [1.54, 1.807) is 4.57 Å². The van der Waals surface area contributed by atoms with E-state index >= 15 is 4.39 Å². The van der Waals surface area contributed by atoms with Gasteiger partial charge in [0.1, 0.15) is 17.9 Å². The van der Waals surface area contributed by atoms with Crippen LogP contribution in [-0.2, 0) is 13.1 Å². The number of aromatic carboxylic acids is 1. The standard InChI is InChI=1S/C21H16BrFN2O4/c1-10-9-29-20-17-14(19(26)15(21(27)28)8-25(10)17)5-16(23)18(20)24-6-11-2-3-13(22)4-12(11)7-24/h2-5,8,10H,6-7,9H2,1H3,(H,27,28). The molecule has 1 aromatic heterocycles. The summed E-state index contributed by atoms with van der Waals surface area (Å²) in [6.45, 7) is 3.16. The number of aromatic nitrogens is 1. The van der Waals surface area contributed by atoms with Gasteiger partial charge in [-0.15, -0.1) is 0 Å². The predicted octanol–water partition coefficient (Wildman–Crippen LogP) is 4.07. The third-order valence-electron chi connectivity index (χ3n) is 5.58. The number of carbonyl (C=O) groups is 1. The van der Waals surface area contributed by atoms with Crippen molar-refractivity contribution in [2.24, 2.45) is 0 Å². The first-order valence-corrected chi connectivity index (χ1v) is 9.94. The van der Waals surface area contributed by atoms with E-state index < -0.39 is 17.2 Å². The van der Waals surface area contributed by atoms with Crippen molar-refractivity contribution in [2.45, 2.75) is 26.1 Å². The quantitative estimate of drug-likeness (QED) is 0.626. The Hall–Kier alpha value is -2.87. The molecule has 2 aliphatic heterocycles. The van der Waals surface area contributed by atoms with Crippen LogP contribution in [0.5, 0.6) is 5.75 Å². The van der Waals surface area contributed by atoms with Crippen LogP contribution < -0.4 is 15.1 Å². The van der Waals surface area contributed by atoms with Crippen LogP contribution in [0.3, 0.4) is 0 Å². The second-order valence-corrected chi connectivity index (χ2v) is 8.36. The molecule has 0 spiro atoms. The number of carboxylic acids is 1. The highest BCUT2D eigenvalue weighted by Gasteiger charge is 2.32. The Morgan fingerprint density at radius 1 is 1.28 bits per heavy atom. The normalized spacial score (nSPS) is 17.3. The predicted molar refractivity (Wildman–Crippen MR) is 109 cm³/mol. The average Bonchev–Trinajstić information content (AvgIpc) is 3.08. The van der Waals surface area contributed by atoms with Gasteiger partial charge in [0.15, 0.2) is 11.6 Å². The fourth-order valence-corrected chi connectivity index (χ4v) is 4.59. The molecule has 0 amide bonds. The lowest BCUT2D eigenvalue weighted by molar-refractivity contribution is 0.0694. The first kappa shape index (κ1) is 18.2. The van der Waals surface area contributed by atoms with E-state index in [4.69, 9.17) is 4.74 Å². The maximum Gasteiger partial charge on any atom is 0.341 e. The molecule has 0 saturated heterocycles. The van der Waals surface area contributed by atoms with E-state index in [1.807, 2.05) is 30.0 Å². The zero-order valence-electron chi connectivity index (χ0n) is 15.4. The van der Waals surface area contributed by atoms with E-state index in [2.05, 4.69) is 15.9 Å². The van der Waals surface area contributed by atoms with E-state index in [0.717, 1.165) is 21.7 Å². The van der Waals surface area contributed by atoms with Gasteiger partial charge in [-0.1, -0.05) is 22.0 Å². The van der Waals surface area contributed by atoms with Crippen LogP contribution in [0.1, 0.15) is 34.5 Å². The van der Waals surface area contributed by atoms with E-state index in [-0.39, 0.29) is 23.6 Å². The van der Waals surface area contributed by atoms with E-state index in [1.165, 1.54) is 6.20 Å². The number of hydrogen-bond acceptors (Lipinski definition) is 4. The zero-order valence-corrected chi connectivity index (χ0v) is 17.0. The van der Waals surface area contributed by atoms with Gasteiger partial charge in [-0.3, -0.25) is 4.79 Å². The minimum absolute atomic E-state index is 0.0205. The molecule has 29 heavy (non-hydrogen) atoms. The Kier molecular flexibility index (Phi) is 3.96. The highest BCUT2D eigenvalue weighted by Crippen LogP contribution is 2.44. The Balaban J connectivity index is 1.75.